The predicted molar refractivity (Wildman–Crippen MR) is 90.9 cm³/mol. The Morgan fingerprint density at radius 3 is 1.52 bits per heavy atom. The first kappa shape index (κ1) is 13.8. The van der Waals surface area contributed by atoms with E-state index >= 15 is 0 Å². The fourth-order valence-corrected chi connectivity index (χ4v) is 6.11. The number of benzene rings is 3. The van der Waals surface area contributed by atoms with Gasteiger partial charge in [0.2, 0.25) is 0 Å². The van der Waals surface area contributed by atoms with Crippen molar-refractivity contribution in [3.63, 3.8) is 0 Å². The summed E-state index contributed by atoms with van der Waals surface area (Å²) in [5.74, 6) is 0. The first-order valence-electron chi connectivity index (χ1n) is 7.12. The van der Waals surface area contributed by atoms with Crippen LogP contribution in [0.5, 0.6) is 0 Å². The maximum Gasteiger partial charge on any atom is 0.285 e. The molecule has 1 nitrogen and oxygen atoms in total. The second kappa shape index (κ2) is 5.68. The van der Waals surface area contributed by atoms with Crippen molar-refractivity contribution in [2.24, 2.45) is 0 Å². The average Bonchev–Trinajstić information content (AvgIpc) is 2.56. The van der Waals surface area contributed by atoms with Gasteiger partial charge in [-0.1, -0.05) is 84.9 Å². The van der Waals surface area contributed by atoms with Gasteiger partial charge in [-0.15, -0.1) is 0 Å². The third kappa shape index (κ3) is 2.44. The van der Waals surface area contributed by atoms with Crippen LogP contribution in [-0.2, 0) is 0 Å². The van der Waals surface area contributed by atoms with Crippen LogP contribution in [0.15, 0.2) is 84.9 Å². The molecule has 0 aromatic heterocycles. The molecule has 104 valence electrons. The van der Waals surface area contributed by atoms with Gasteiger partial charge in [-0.25, -0.2) is 0 Å². The Hall–Kier alpha value is -2.16. The molecule has 0 radical (unpaired) electrons. The van der Waals surface area contributed by atoms with Gasteiger partial charge in [0.15, 0.2) is 0 Å². The zero-order valence-electron chi connectivity index (χ0n) is 12.0. The standard InChI is InChI=1S/C19H18OSi/c1-16-10-8-9-15-19(16)21(20,17-11-4-2-5-12-17)18-13-6-3-7-14-18/h2-15,20H,1H3. The van der Waals surface area contributed by atoms with Crippen LogP contribution in [-0.4, -0.2) is 13.1 Å². The van der Waals surface area contributed by atoms with E-state index in [1.807, 2.05) is 72.8 Å². The fraction of sp³-hybridized carbons (Fsp3) is 0.0526. The van der Waals surface area contributed by atoms with Crippen LogP contribution >= 0.6 is 0 Å². The monoisotopic (exact) mass is 290 g/mol. The van der Waals surface area contributed by atoms with E-state index in [1.54, 1.807) is 0 Å². The molecule has 0 aliphatic heterocycles. The van der Waals surface area contributed by atoms with Gasteiger partial charge >= 0.3 is 0 Å². The van der Waals surface area contributed by atoms with Gasteiger partial charge < -0.3 is 4.80 Å². The van der Waals surface area contributed by atoms with Gasteiger partial charge in [0.25, 0.3) is 8.32 Å². The van der Waals surface area contributed by atoms with Crippen LogP contribution in [0.1, 0.15) is 5.56 Å². The van der Waals surface area contributed by atoms with E-state index < -0.39 is 8.32 Å². The highest BCUT2D eigenvalue weighted by atomic mass is 28.4. The maximum absolute atomic E-state index is 11.7. The van der Waals surface area contributed by atoms with Crippen LogP contribution in [0.25, 0.3) is 0 Å². The SMILES string of the molecule is Cc1ccccc1[Si](O)(c1ccccc1)c1ccccc1. The highest BCUT2D eigenvalue weighted by molar-refractivity contribution is 7.06. The molecule has 0 heterocycles. The molecule has 3 rings (SSSR count). The number of hydrogen-bond donors (Lipinski definition) is 1. The van der Waals surface area contributed by atoms with E-state index in [0.29, 0.717) is 0 Å². The Kier molecular flexibility index (Phi) is 3.73. The number of rotatable bonds is 3. The second-order valence-corrected chi connectivity index (χ2v) is 8.37. The van der Waals surface area contributed by atoms with Crippen LogP contribution in [0.2, 0.25) is 0 Å². The van der Waals surface area contributed by atoms with Crippen LogP contribution in [0.3, 0.4) is 0 Å². The van der Waals surface area contributed by atoms with Crippen LogP contribution in [0, 0.1) is 6.92 Å². The van der Waals surface area contributed by atoms with Crippen molar-refractivity contribution < 1.29 is 4.80 Å². The minimum absolute atomic E-state index is 1.02. The van der Waals surface area contributed by atoms with Gasteiger partial charge in [-0.3, -0.25) is 0 Å². The molecular weight excluding hydrogens is 272 g/mol. The Balaban J connectivity index is 2.29. The topological polar surface area (TPSA) is 20.2 Å². The molecule has 0 amide bonds. The summed E-state index contributed by atoms with van der Waals surface area (Å²) in [7, 11) is -2.92. The number of hydrogen-bond acceptors (Lipinski definition) is 1. The van der Waals surface area contributed by atoms with Crippen molar-refractivity contribution >= 4 is 23.9 Å². The largest absolute Gasteiger partial charge is 0.421 e. The highest BCUT2D eigenvalue weighted by Crippen LogP contribution is 2.07. The molecule has 0 spiro atoms. The molecule has 0 atom stereocenters. The zero-order chi connectivity index (χ0) is 14.7. The Labute approximate surface area is 126 Å². The van der Waals surface area contributed by atoms with E-state index in [1.165, 1.54) is 0 Å². The van der Waals surface area contributed by atoms with E-state index in [0.717, 1.165) is 21.1 Å². The maximum atomic E-state index is 11.7. The van der Waals surface area contributed by atoms with Gasteiger partial charge in [0.05, 0.1) is 0 Å². The minimum Gasteiger partial charge on any atom is -0.421 e. The molecule has 3 aromatic rings. The molecule has 0 saturated carbocycles. The molecule has 0 bridgehead atoms. The lowest BCUT2D eigenvalue weighted by atomic mass is 10.2. The smallest absolute Gasteiger partial charge is 0.285 e. The third-order valence-electron chi connectivity index (χ3n) is 3.92. The lowest BCUT2D eigenvalue weighted by Crippen LogP contribution is -2.68. The van der Waals surface area contributed by atoms with Gasteiger partial charge in [-0.2, -0.15) is 0 Å². The van der Waals surface area contributed by atoms with E-state index in [-0.39, 0.29) is 0 Å². The molecular formula is C19H18OSi. The molecule has 1 N–H and O–H groups in total. The van der Waals surface area contributed by atoms with E-state index in [9.17, 15) is 4.80 Å². The van der Waals surface area contributed by atoms with Crippen molar-refractivity contribution in [1.29, 1.82) is 0 Å². The summed E-state index contributed by atoms with van der Waals surface area (Å²) in [6, 6.07) is 28.2. The zero-order valence-corrected chi connectivity index (χ0v) is 13.0. The molecule has 0 fully saturated rings. The normalized spacial score (nSPS) is 11.3. The predicted octanol–water partition coefficient (Wildman–Crippen LogP) is 1.95. The van der Waals surface area contributed by atoms with Crippen molar-refractivity contribution in [2.45, 2.75) is 6.92 Å². The Morgan fingerprint density at radius 1 is 0.619 bits per heavy atom. The third-order valence-corrected chi connectivity index (χ3v) is 7.60. The first-order valence-corrected chi connectivity index (χ1v) is 9.07. The molecule has 2 heteroatoms. The van der Waals surface area contributed by atoms with Gasteiger partial charge in [-0.05, 0) is 28.0 Å². The second-order valence-electron chi connectivity index (χ2n) is 5.26. The Morgan fingerprint density at radius 2 is 1.05 bits per heavy atom. The molecule has 3 aromatic carbocycles. The molecule has 0 unspecified atom stereocenters. The summed E-state index contributed by atoms with van der Waals surface area (Å²) in [4.78, 5) is 11.7. The molecule has 0 saturated heterocycles. The van der Waals surface area contributed by atoms with Crippen LogP contribution < -0.4 is 15.6 Å². The van der Waals surface area contributed by atoms with Crippen molar-refractivity contribution in [3.05, 3.63) is 90.5 Å². The summed E-state index contributed by atoms with van der Waals surface area (Å²) >= 11 is 0. The quantitative estimate of drug-likeness (QED) is 0.577. The molecule has 0 aliphatic rings. The first-order chi connectivity index (χ1) is 10.2. The van der Waals surface area contributed by atoms with E-state index in [4.69, 9.17) is 0 Å². The van der Waals surface area contributed by atoms with Gasteiger partial charge in [0.1, 0.15) is 0 Å². The van der Waals surface area contributed by atoms with Crippen molar-refractivity contribution in [2.75, 3.05) is 0 Å². The highest BCUT2D eigenvalue weighted by Gasteiger charge is 2.38. The fourth-order valence-electron chi connectivity index (χ4n) is 2.82. The summed E-state index contributed by atoms with van der Waals surface area (Å²) in [6.45, 7) is 2.07. The summed E-state index contributed by atoms with van der Waals surface area (Å²) < 4.78 is 0. The summed E-state index contributed by atoms with van der Waals surface area (Å²) in [5.41, 5.74) is 1.14. The Bertz CT molecular complexity index is 683. The minimum atomic E-state index is -2.92. The lowest BCUT2D eigenvalue weighted by molar-refractivity contribution is 0.583. The summed E-state index contributed by atoms with van der Waals surface area (Å²) in [5, 5.41) is 3.10. The van der Waals surface area contributed by atoms with Gasteiger partial charge in [0, 0.05) is 0 Å². The molecule has 21 heavy (non-hydrogen) atoms. The summed E-state index contributed by atoms with van der Waals surface area (Å²) in [6.07, 6.45) is 0. The van der Waals surface area contributed by atoms with Crippen molar-refractivity contribution in [3.8, 4) is 0 Å². The lowest BCUT2D eigenvalue weighted by Gasteiger charge is -2.28. The van der Waals surface area contributed by atoms with Crippen molar-refractivity contribution in [1.82, 2.24) is 0 Å². The van der Waals surface area contributed by atoms with Crippen LogP contribution in [0.4, 0.5) is 0 Å². The van der Waals surface area contributed by atoms with E-state index in [2.05, 4.69) is 19.1 Å². The number of aryl methyl sites for hydroxylation is 1. The molecule has 0 aliphatic carbocycles. The average molecular weight is 290 g/mol.